The Balaban J connectivity index is 1.87. The fraction of sp³-hybridized carbons (Fsp3) is 0.348. The quantitative estimate of drug-likeness (QED) is 0.563. The van der Waals surface area contributed by atoms with Gasteiger partial charge in [0.2, 0.25) is 5.88 Å². The van der Waals surface area contributed by atoms with Gasteiger partial charge in [0.1, 0.15) is 6.67 Å². The summed E-state index contributed by atoms with van der Waals surface area (Å²) in [4.78, 5) is 54.6. The number of amides is 1. The number of ketones is 2. The zero-order valence-corrected chi connectivity index (χ0v) is 17.7. The molecule has 0 spiro atoms. The van der Waals surface area contributed by atoms with Crippen LogP contribution in [0.15, 0.2) is 36.5 Å². The van der Waals surface area contributed by atoms with Gasteiger partial charge in [0, 0.05) is 29.9 Å². The number of carboxylic acid groups (broad SMARTS) is 1. The number of fused-ring (bicyclic) bond motifs is 1. The maximum atomic E-state index is 13.1. The van der Waals surface area contributed by atoms with Gasteiger partial charge in [-0.3, -0.25) is 19.2 Å². The highest BCUT2D eigenvalue weighted by atomic mass is 19.1. The second-order valence-electron chi connectivity index (χ2n) is 7.47. The standard InChI is InChI=1S/C23H23FN2O6/c1-3-18(22(30)17(9-21(28)29)19(27)10-24)26-12-15-5-4-13(8-16(15)23(26)31)14-6-7-20(32-2)25-11-14/h4-8,11,17-18H,3,9-10,12H2,1-2H3,(H,28,29). The average molecular weight is 442 g/mol. The van der Waals surface area contributed by atoms with Gasteiger partial charge in [-0.05, 0) is 29.7 Å². The Hall–Kier alpha value is -3.62. The van der Waals surface area contributed by atoms with E-state index in [2.05, 4.69) is 4.98 Å². The molecule has 0 fully saturated rings. The molecule has 0 aliphatic carbocycles. The summed E-state index contributed by atoms with van der Waals surface area (Å²) in [6.07, 6.45) is 0.986. The van der Waals surface area contributed by atoms with Crippen LogP contribution in [0.2, 0.25) is 0 Å². The summed E-state index contributed by atoms with van der Waals surface area (Å²) >= 11 is 0. The van der Waals surface area contributed by atoms with Crippen LogP contribution in [0.4, 0.5) is 4.39 Å². The van der Waals surface area contributed by atoms with Crippen molar-refractivity contribution in [3.05, 3.63) is 47.7 Å². The number of halogens is 1. The normalized spacial score (nSPS) is 14.6. The summed E-state index contributed by atoms with van der Waals surface area (Å²) in [5.41, 5.74) is 2.65. The Morgan fingerprint density at radius 2 is 1.94 bits per heavy atom. The number of ether oxygens (including phenoxy) is 1. The Bertz CT molecular complexity index is 1050. The molecule has 1 N–H and O–H groups in total. The summed E-state index contributed by atoms with van der Waals surface area (Å²) in [7, 11) is 1.51. The molecule has 0 saturated heterocycles. The zero-order chi connectivity index (χ0) is 23.4. The molecule has 0 bridgehead atoms. The molecule has 2 unspecified atom stereocenters. The molecule has 0 radical (unpaired) electrons. The first kappa shape index (κ1) is 23.1. The molecule has 3 rings (SSSR count). The number of rotatable bonds is 10. The van der Waals surface area contributed by atoms with Crippen LogP contribution < -0.4 is 4.74 Å². The zero-order valence-electron chi connectivity index (χ0n) is 17.7. The molecule has 1 aromatic heterocycles. The SMILES string of the molecule is CCC(C(=O)C(CC(=O)O)C(=O)CF)N1Cc2ccc(-c3ccc(OC)nc3)cc2C1=O. The fourth-order valence-electron chi connectivity index (χ4n) is 3.87. The van der Waals surface area contributed by atoms with E-state index in [9.17, 15) is 23.6 Å². The molecule has 1 aromatic carbocycles. The summed E-state index contributed by atoms with van der Waals surface area (Å²) in [5.74, 6) is -4.79. The molecule has 1 amide bonds. The minimum atomic E-state index is -1.63. The van der Waals surface area contributed by atoms with Crippen LogP contribution in [0, 0.1) is 5.92 Å². The molecule has 2 heterocycles. The van der Waals surface area contributed by atoms with Gasteiger partial charge < -0.3 is 14.7 Å². The predicted molar refractivity (Wildman–Crippen MR) is 112 cm³/mol. The molecule has 32 heavy (non-hydrogen) atoms. The minimum Gasteiger partial charge on any atom is -0.481 e. The van der Waals surface area contributed by atoms with Gasteiger partial charge in [-0.25, -0.2) is 9.37 Å². The van der Waals surface area contributed by atoms with Gasteiger partial charge in [0.05, 0.1) is 25.5 Å². The van der Waals surface area contributed by atoms with Crippen LogP contribution in [0.25, 0.3) is 11.1 Å². The van der Waals surface area contributed by atoms with Crippen molar-refractivity contribution < 1.29 is 33.4 Å². The number of nitrogens with zero attached hydrogens (tertiary/aromatic N) is 2. The lowest BCUT2D eigenvalue weighted by Crippen LogP contribution is -2.46. The van der Waals surface area contributed by atoms with E-state index in [0.29, 0.717) is 17.0 Å². The number of methoxy groups -OCH3 is 1. The predicted octanol–water partition coefficient (Wildman–Crippen LogP) is 2.69. The number of aliphatic carboxylic acids is 1. The van der Waals surface area contributed by atoms with Gasteiger partial charge in [0.25, 0.3) is 5.91 Å². The Kier molecular flexibility index (Phi) is 6.97. The summed E-state index contributed by atoms with van der Waals surface area (Å²) in [5, 5.41) is 9.04. The minimum absolute atomic E-state index is 0.142. The molecule has 1 aliphatic rings. The number of carbonyl (C=O) groups is 4. The van der Waals surface area contributed by atoms with Crippen LogP contribution in [0.3, 0.4) is 0 Å². The lowest BCUT2D eigenvalue weighted by Gasteiger charge is -2.28. The average Bonchev–Trinajstić information content (AvgIpc) is 3.12. The Morgan fingerprint density at radius 3 is 2.50 bits per heavy atom. The monoisotopic (exact) mass is 442 g/mol. The Morgan fingerprint density at radius 1 is 1.22 bits per heavy atom. The summed E-state index contributed by atoms with van der Waals surface area (Å²) in [6.45, 7) is 0.363. The topological polar surface area (TPSA) is 114 Å². The summed E-state index contributed by atoms with van der Waals surface area (Å²) in [6, 6.07) is 7.81. The maximum absolute atomic E-state index is 13.1. The number of hydrogen-bond acceptors (Lipinski definition) is 6. The van der Waals surface area contributed by atoms with Gasteiger partial charge in [-0.1, -0.05) is 19.1 Å². The van der Waals surface area contributed by atoms with Gasteiger partial charge in [-0.15, -0.1) is 0 Å². The molecule has 2 aromatic rings. The molecule has 1 aliphatic heterocycles. The molecule has 9 heteroatoms. The number of benzene rings is 1. The first-order valence-electron chi connectivity index (χ1n) is 10.1. The highest BCUT2D eigenvalue weighted by molar-refractivity contribution is 6.09. The lowest BCUT2D eigenvalue weighted by molar-refractivity contribution is -0.146. The number of carboxylic acids is 1. The van der Waals surface area contributed by atoms with E-state index in [1.54, 1.807) is 31.3 Å². The Labute approximate surface area is 184 Å². The number of carbonyl (C=O) groups excluding carboxylic acids is 3. The molecular weight excluding hydrogens is 419 g/mol. The van der Waals surface area contributed by atoms with Crippen molar-refractivity contribution in [3.63, 3.8) is 0 Å². The van der Waals surface area contributed by atoms with Crippen molar-refractivity contribution in [3.8, 4) is 17.0 Å². The number of aromatic nitrogens is 1. The van der Waals surface area contributed by atoms with E-state index in [1.165, 1.54) is 12.0 Å². The molecule has 168 valence electrons. The second-order valence-corrected chi connectivity index (χ2v) is 7.47. The van der Waals surface area contributed by atoms with Crippen molar-refractivity contribution in [2.75, 3.05) is 13.8 Å². The highest BCUT2D eigenvalue weighted by Crippen LogP contribution is 2.31. The van der Waals surface area contributed by atoms with Crippen LogP contribution >= 0.6 is 0 Å². The van der Waals surface area contributed by atoms with Crippen molar-refractivity contribution in [2.45, 2.75) is 32.4 Å². The van der Waals surface area contributed by atoms with Crippen LogP contribution in [-0.4, -0.2) is 58.3 Å². The van der Waals surface area contributed by atoms with Crippen molar-refractivity contribution in [2.24, 2.45) is 5.92 Å². The van der Waals surface area contributed by atoms with Gasteiger partial charge in [-0.2, -0.15) is 0 Å². The third-order valence-electron chi connectivity index (χ3n) is 5.55. The van der Waals surface area contributed by atoms with Crippen molar-refractivity contribution >= 4 is 23.4 Å². The third-order valence-corrected chi connectivity index (χ3v) is 5.55. The molecule has 8 nitrogen and oxygen atoms in total. The molecular formula is C23H23FN2O6. The number of Topliss-reactive ketones (excluding diaryl/α,β-unsaturated/α-hetero) is 2. The third kappa shape index (κ3) is 4.51. The summed E-state index contributed by atoms with van der Waals surface area (Å²) < 4.78 is 18.0. The van der Waals surface area contributed by atoms with E-state index in [0.717, 1.165) is 11.1 Å². The molecule has 2 atom stereocenters. The number of hydrogen-bond donors (Lipinski definition) is 1. The van der Waals surface area contributed by atoms with Gasteiger partial charge >= 0.3 is 5.97 Å². The van der Waals surface area contributed by atoms with Crippen LogP contribution in [0.5, 0.6) is 5.88 Å². The van der Waals surface area contributed by atoms with E-state index in [1.807, 2.05) is 12.1 Å². The fourth-order valence-corrected chi connectivity index (χ4v) is 3.87. The maximum Gasteiger partial charge on any atom is 0.304 e. The van der Waals surface area contributed by atoms with Crippen molar-refractivity contribution in [1.82, 2.24) is 9.88 Å². The van der Waals surface area contributed by atoms with E-state index < -0.39 is 48.5 Å². The smallest absolute Gasteiger partial charge is 0.304 e. The highest BCUT2D eigenvalue weighted by Gasteiger charge is 2.40. The van der Waals surface area contributed by atoms with Crippen molar-refractivity contribution in [1.29, 1.82) is 0 Å². The van der Waals surface area contributed by atoms with Crippen LogP contribution in [-0.2, 0) is 20.9 Å². The lowest BCUT2D eigenvalue weighted by atomic mass is 9.89. The first-order valence-corrected chi connectivity index (χ1v) is 10.1. The van der Waals surface area contributed by atoms with E-state index in [-0.39, 0.29) is 13.0 Å². The van der Waals surface area contributed by atoms with Crippen LogP contribution in [0.1, 0.15) is 35.7 Å². The van der Waals surface area contributed by atoms with E-state index >= 15 is 0 Å². The number of alkyl halides is 1. The first-order chi connectivity index (χ1) is 15.3. The van der Waals surface area contributed by atoms with Gasteiger partial charge in [0.15, 0.2) is 11.6 Å². The van der Waals surface area contributed by atoms with E-state index in [4.69, 9.17) is 9.84 Å². The number of pyridine rings is 1. The largest absolute Gasteiger partial charge is 0.481 e. The second kappa shape index (κ2) is 9.67. The molecule has 0 saturated carbocycles.